The average molecular weight is 496 g/mol. The van der Waals surface area contributed by atoms with Gasteiger partial charge in [-0.3, -0.25) is 4.79 Å². The van der Waals surface area contributed by atoms with E-state index < -0.39 is 11.3 Å². The zero-order valence-electron chi connectivity index (χ0n) is 21.5. The van der Waals surface area contributed by atoms with Crippen molar-refractivity contribution < 1.29 is 18.7 Å². The van der Waals surface area contributed by atoms with E-state index in [0.29, 0.717) is 25.8 Å². The minimum absolute atomic E-state index is 0.257. The molecule has 0 N–H and O–H groups in total. The zero-order valence-corrected chi connectivity index (χ0v) is 21.5. The highest BCUT2D eigenvalue weighted by atomic mass is 19.1. The van der Waals surface area contributed by atoms with Gasteiger partial charge in [0.1, 0.15) is 11.4 Å². The number of hydrogen-bond acceptors (Lipinski definition) is 5. The maximum absolute atomic E-state index is 13.7. The summed E-state index contributed by atoms with van der Waals surface area (Å²) in [6.45, 7) is 9.58. The predicted molar refractivity (Wildman–Crippen MR) is 138 cm³/mol. The van der Waals surface area contributed by atoms with Crippen molar-refractivity contribution in [2.24, 2.45) is 5.92 Å². The van der Waals surface area contributed by atoms with Gasteiger partial charge < -0.3 is 24.2 Å². The highest BCUT2D eigenvalue weighted by Gasteiger charge is 2.53. The minimum atomic E-state index is -0.784. The van der Waals surface area contributed by atoms with Crippen LogP contribution in [0.4, 0.5) is 10.1 Å². The minimum Gasteiger partial charge on any atom is -0.343 e. The van der Waals surface area contributed by atoms with Crippen LogP contribution in [0.1, 0.15) is 45.1 Å². The van der Waals surface area contributed by atoms with Crippen LogP contribution >= 0.6 is 0 Å². The Morgan fingerprint density at radius 3 is 2.28 bits per heavy atom. The summed E-state index contributed by atoms with van der Waals surface area (Å²) >= 11 is 0. The summed E-state index contributed by atoms with van der Waals surface area (Å²) in [5.41, 5.74) is 1.54. The van der Waals surface area contributed by atoms with Gasteiger partial charge in [0.05, 0.1) is 19.9 Å². The molecule has 0 bridgehead atoms. The number of nitrogens with zero attached hydrogens (tertiary/aromatic N) is 3. The van der Waals surface area contributed by atoms with Crippen molar-refractivity contribution in [3.05, 3.63) is 66.0 Å². The molecule has 3 heterocycles. The standard InChI is InChI=1S/C29H38FN3O3/c1-23(2)21-32-22-33(26-7-4-3-5-8-26)28(27(32)34)14-17-31(18-15-28)16-6-13-29(35-19-20-36-29)24-9-11-25(30)12-10-24/h3-5,7-12,23H,6,13-22H2,1-2H3. The molecule has 36 heavy (non-hydrogen) atoms. The number of ether oxygens (including phenoxy) is 2. The second kappa shape index (κ2) is 10.5. The van der Waals surface area contributed by atoms with Crippen LogP contribution < -0.4 is 4.90 Å². The molecule has 7 heteroatoms. The summed E-state index contributed by atoms with van der Waals surface area (Å²) in [5.74, 6) is -0.321. The molecule has 3 aliphatic rings. The van der Waals surface area contributed by atoms with Crippen LogP contribution in [0.5, 0.6) is 0 Å². The molecule has 2 aromatic rings. The highest BCUT2D eigenvalue weighted by molar-refractivity contribution is 5.93. The predicted octanol–water partition coefficient (Wildman–Crippen LogP) is 4.60. The fourth-order valence-corrected chi connectivity index (χ4v) is 6.08. The molecular formula is C29H38FN3O3. The molecule has 0 atom stereocenters. The number of halogens is 1. The van der Waals surface area contributed by atoms with E-state index in [4.69, 9.17) is 9.47 Å². The molecule has 194 valence electrons. The zero-order chi connectivity index (χ0) is 25.2. The monoisotopic (exact) mass is 495 g/mol. The van der Waals surface area contributed by atoms with Gasteiger partial charge in [-0.05, 0) is 56.0 Å². The van der Waals surface area contributed by atoms with Crippen molar-refractivity contribution in [1.29, 1.82) is 0 Å². The van der Waals surface area contributed by atoms with Crippen LogP contribution in [0.2, 0.25) is 0 Å². The second-order valence-corrected chi connectivity index (χ2v) is 10.8. The molecule has 5 rings (SSSR count). The first-order valence-electron chi connectivity index (χ1n) is 13.3. The molecule has 2 aromatic carbocycles. The summed E-state index contributed by atoms with van der Waals surface area (Å²) in [6, 6.07) is 16.8. The first-order chi connectivity index (χ1) is 17.4. The van der Waals surface area contributed by atoms with Crippen molar-refractivity contribution in [3.63, 3.8) is 0 Å². The normalized spacial score (nSPS) is 21.7. The maximum atomic E-state index is 13.7. The van der Waals surface area contributed by atoms with E-state index in [1.807, 2.05) is 6.07 Å². The van der Waals surface area contributed by atoms with Crippen molar-refractivity contribution in [2.75, 3.05) is 51.0 Å². The van der Waals surface area contributed by atoms with Gasteiger partial charge in [0, 0.05) is 37.3 Å². The third-order valence-electron chi connectivity index (χ3n) is 7.87. The van der Waals surface area contributed by atoms with Gasteiger partial charge in [-0.15, -0.1) is 0 Å². The Labute approximate surface area is 214 Å². The first-order valence-corrected chi connectivity index (χ1v) is 13.3. The van der Waals surface area contributed by atoms with E-state index in [1.165, 1.54) is 12.1 Å². The third-order valence-corrected chi connectivity index (χ3v) is 7.87. The lowest BCUT2D eigenvalue weighted by Crippen LogP contribution is -2.56. The van der Waals surface area contributed by atoms with Crippen LogP contribution in [0.15, 0.2) is 54.6 Å². The Hall–Kier alpha value is -2.48. The first kappa shape index (κ1) is 25.2. The summed E-state index contributed by atoms with van der Waals surface area (Å²) < 4.78 is 25.5. The topological polar surface area (TPSA) is 45.2 Å². The van der Waals surface area contributed by atoms with Crippen LogP contribution in [0.3, 0.4) is 0 Å². The number of amides is 1. The number of anilines is 1. The number of para-hydroxylation sites is 1. The average Bonchev–Trinajstić information content (AvgIpc) is 3.46. The van der Waals surface area contributed by atoms with Gasteiger partial charge in [0.2, 0.25) is 5.91 Å². The summed E-state index contributed by atoms with van der Waals surface area (Å²) in [5, 5.41) is 0. The number of benzene rings is 2. The van der Waals surface area contributed by atoms with Gasteiger partial charge in [-0.1, -0.05) is 44.2 Å². The Bertz CT molecular complexity index is 1020. The van der Waals surface area contributed by atoms with E-state index in [2.05, 4.69) is 52.8 Å². The Morgan fingerprint density at radius 2 is 1.64 bits per heavy atom. The van der Waals surface area contributed by atoms with E-state index in [0.717, 1.165) is 63.1 Å². The summed E-state index contributed by atoms with van der Waals surface area (Å²) in [6.07, 6.45) is 3.27. The number of piperidine rings is 1. The number of hydrogen-bond donors (Lipinski definition) is 0. The molecule has 0 aromatic heterocycles. The molecule has 6 nitrogen and oxygen atoms in total. The van der Waals surface area contributed by atoms with Gasteiger partial charge in [0.25, 0.3) is 0 Å². The highest BCUT2D eigenvalue weighted by Crippen LogP contribution is 2.40. The number of carbonyl (C=O) groups excluding carboxylic acids is 1. The fraction of sp³-hybridized carbons (Fsp3) is 0.552. The summed E-state index contributed by atoms with van der Waals surface area (Å²) in [7, 11) is 0. The molecule has 3 saturated heterocycles. The molecule has 0 radical (unpaired) electrons. The SMILES string of the molecule is CC(C)CN1CN(c2ccccc2)C2(CCN(CCCC3(c4ccc(F)cc4)OCCO3)CC2)C1=O. The van der Waals surface area contributed by atoms with Crippen LogP contribution in [0, 0.1) is 11.7 Å². The fourth-order valence-electron chi connectivity index (χ4n) is 6.08. The smallest absolute Gasteiger partial charge is 0.250 e. The second-order valence-electron chi connectivity index (χ2n) is 10.8. The van der Waals surface area contributed by atoms with Crippen LogP contribution in [-0.4, -0.2) is 67.3 Å². The van der Waals surface area contributed by atoms with Gasteiger partial charge in [-0.2, -0.15) is 0 Å². The van der Waals surface area contributed by atoms with Crippen LogP contribution in [0.25, 0.3) is 0 Å². The molecule has 0 aliphatic carbocycles. The molecular weight excluding hydrogens is 457 g/mol. The van der Waals surface area contributed by atoms with E-state index in [1.54, 1.807) is 12.1 Å². The van der Waals surface area contributed by atoms with E-state index >= 15 is 0 Å². The molecule has 0 saturated carbocycles. The molecule has 0 unspecified atom stereocenters. The molecule has 3 fully saturated rings. The van der Waals surface area contributed by atoms with Gasteiger partial charge >= 0.3 is 0 Å². The van der Waals surface area contributed by atoms with Crippen molar-refractivity contribution in [2.45, 2.75) is 50.9 Å². The van der Waals surface area contributed by atoms with E-state index in [9.17, 15) is 9.18 Å². The van der Waals surface area contributed by atoms with E-state index in [-0.39, 0.29) is 11.7 Å². The number of rotatable bonds is 8. The Balaban J connectivity index is 1.23. The van der Waals surface area contributed by atoms with Crippen molar-refractivity contribution >= 4 is 11.6 Å². The lowest BCUT2D eigenvalue weighted by atomic mass is 9.85. The number of likely N-dealkylation sites (tertiary alicyclic amines) is 1. The van der Waals surface area contributed by atoms with Crippen LogP contribution in [-0.2, 0) is 20.1 Å². The quantitative estimate of drug-likeness (QED) is 0.536. The molecule has 1 amide bonds. The number of carbonyl (C=O) groups is 1. The van der Waals surface area contributed by atoms with Crippen molar-refractivity contribution in [3.8, 4) is 0 Å². The lowest BCUT2D eigenvalue weighted by Gasteiger charge is -2.43. The van der Waals surface area contributed by atoms with Crippen molar-refractivity contribution in [1.82, 2.24) is 9.80 Å². The summed E-state index contributed by atoms with van der Waals surface area (Å²) in [4.78, 5) is 20.6. The lowest BCUT2D eigenvalue weighted by molar-refractivity contribution is -0.172. The molecule has 3 aliphatic heterocycles. The Morgan fingerprint density at radius 1 is 0.972 bits per heavy atom. The largest absolute Gasteiger partial charge is 0.343 e. The van der Waals surface area contributed by atoms with Gasteiger partial charge in [-0.25, -0.2) is 4.39 Å². The molecule has 1 spiro atoms. The van der Waals surface area contributed by atoms with Gasteiger partial charge in [0.15, 0.2) is 5.79 Å². The Kier molecular flexibility index (Phi) is 7.33. The third kappa shape index (κ3) is 4.89. The maximum Gasteiger partial charge on any atom is 0.250 e.